The highest BCUT2D eigenvalue weighted by Gasteiger charge is 2.13. The number of anilines is 2. The van der Waals surface area contributed by atoms with Crippen LogP contribution in [0.25, 0.3) is 17.5 Å². The molecule has 2 amide bonds. The van der Waals surface area contributed by atoms with Crippen LogP contribution >= 0.6 is 23.1 Å². The number of nitrogens with zero attached hydrogens (tertiary/aromatic N) is 4. The highest BCUT2D eigenvalue weighted by atomic mass is 32.2. The summed E-state index contributed by atoms with van der Waals surface area (Å²) in [5.41, 5.74) is 2.48. The minimum atomic E-state index is -0.208. The highest BCUT2D eigenvalue weighted by molar-refractivity contribution is 7.99. The average Bonchev–Trinajstić information content (AvgIpc) is 3.47. The van der Waals surface area contributed by atoms with Gasteiger partial charge in [-0.2, -0.15) is 0 Å². The van der Waals surface area contributed by atoms with Crippen molar-refractivity contribution in [2.75, 3.05) is 16.4 Å². The van der Waals surface area contributed by atoms with E-state index in [1.807, 2.05) is 66.2 Å². The van der Waals surface area contributed by atoms with Crippen LogP contribution in [0.5, 0.6) is 0 Å². The van der Waals surface area contributed by atoms with Crippen LogP contribution in [-0.2, 0) is 16.6 Å². The Morgan fingerprint density at radius 2 is 1.85 bits per heavy atom. The van der Waals surface area contributed by atoms with Gasteiger partial charge in [-0.1, -0.05) is 42.1 Å². The Labute approximate surface area is 198 Å². The molecule has 0 atom stereocenters. The first-order valence-corrected chi connectivity index (χ1v) is 11.8. The van der Waals surface area contributed by atoms with E-state index in [9.17, 15) is 9.59 Å². The molecular weight excluding hydrogens is 456 g/mol. The van der Waals surface area contributed by atoms with E-state index < -0.39 is 0 Å². The number of thiazole rings is 1. The Morgan fingerprint density at radius 3 is 2.58 bits per heavy atom. The zero-order valence-electron chi connectivity index (χ0n) is 17.6. The van der Waals surface area contributed by atoms with Gasteiger partial charge in [0.1, 0.15) is 0 Å². The van der Waals surface area contributed by atoms with Crippen molar-refractivity contribution in [2.24, 2.45) is 7.05 Å². The van der Waals surface area contributed by atoms with Gasteiger partial charge < -0.3 is 15.2 Å². The zero-order chi connectivity index (χ0) is 23.0. The first-order valence-electron chi connectivity index (χ1n) is 9.94. The average molecular weight is 477 g/mol. The predicted molar refractivity (Wildman–Crippen MR) is 132 cm³/mol. The zero-order valence-corrected chi connectivity index (χ0v) is 19.3. The number of thioether (sulfide) groups is 1. The summed E-state index contributed by atoms with van der Waals surface area (Å²) in [6.07, 6.45) is 4.90. The fourth-order valence-electron chi connectivity index (χ4n) is 2.89. The Morgan fingerprint density at radius 1 is 1.06 bits per heavy atom. The fraction of sp³-hybridized carbons (Fsp3) is 0.0870. The number of benzene rings is 2. The molecule has 0 saturated carbocycles. The van der Waals surface area contributed by atoms with Crippen LogP contribution in [0.2, 0.25) is 0 Å². The van der Waals surface area contributed by atoms with Crippen LogP contribution in [0.15, 0.2) is 77.4 Å². The van der Waals surface area contributed by atoms with Crippen molar-refractivity contribution in [3.05, 3.63) is 77.8 Å². The molecule has 10 heteroatoms. The summed E-state index contributed by atoms with van der Waals surface area (Å²) in [6.45, 7) is 0. The summed E-state index contributed by atoms with van der Waals surface area (Å²) >= 11 is 2.67. The van der Waals surface area contributed by atoms with E-state index in [0.717, 1.165) is 11.1 Å². The van der Waals surface area contributed by atoms with Crippen molar-refractivity contribution in [2.45, 2.75) is 5.16 Å². The molecular formula is C23H20N6O2S2. The van der Waals surface area contributed by atoms with Gasteiger partial charge in [-0.15, -0.1) is 21.5 Å². The van der Waals surface area contributed by atoms with Gasteiger partial charge in [0, 0.05) is 36.0 Å². The lowest BCUT2D eigenvalue weighted by molar-refractivity contribution is -0.114. The number of rotatable bonds is 8. The van der Waals surface area contributed by atoms with E-state index in [-0.39, 0.29) is 17.6 Å². The molecule has 4 aromatic rings. The second-order valence-corrected chi connectivity index (χ2v) is 8.69. The molecule has 0 saturated heterocycles. The minimum Gasteiger partial charge on any atom is -0.323 e. The lowest BCUT2D eigenvalue weighted by Crippen LogP contribution is -2.14. The van der Waals surface area contributed by atoms with E-state index >= 15 is 0 Å². The van der Waals surface area contributed by atoms with Gasteiger partial charge in [-0.05, 0) is 35.9 Å². The Bertz CT molecular complexity index is 1250. The molecule has 4 rings (SSSR count). The van der Waals surface area contributed by atoms with Gasteiger partial charge >= 0.3 is 0 Å². The number of aromatic nitrogens is 4. The molecule has 0 aliphatic carbocycles. The molecule has 0 aliphatic rings. The third kappa shape index (κ3) is 6.15. The van der Waals surface area contributed by atoms with Gasteiger partial charge in [-0.25, -0.2) is 4.98 Å². The SMILES string of the molecule is Cn1c(SCC(=O)Nc2nccs2)nnc1-c1ccc(NC(=O)/C=C/c2ccccc2)cc1. The second kappa shape index (κ2) is 10.7. The van der Waals surface area contributed by atoms with Gasteiger partial charge in [0.25, 0.3) is 0 Å². The van der Waals surface area contributed by atoms with E-state index in [2.05, 4.69) is 25.8 Å². The maximum absolute atomic E-state index is 12.2. The van der Waals surface area contributed by atoms with Gasteiger partial charge in [0.05, 0.1) is 5.75 Å². The lowest BCUT2D eigenvalue weighted by atomic mass is 10.2. The summed E-state index contributed by atoms with van der Waals surface area (Å²) in [5.74, 6) is 0.507. The third-order valence-corrected chi connectivity index (χ3v) is 6.19. The topological polar surface area (TPSA) is 102 Å². The van der Waals surface area contributed by atoms with E-state index in [4.69, 9.17) is 0 Å². The van der Waals surface area contributed by atoms with Crippen LogP contribution in [0.4, 0.5) is 10.8 Å². The van der Waals surface area contributed by atoms with E-state index in [1.54, 1.807) is 17.7 Å². The molecule has 8 nitrogen and oxygen atoms in total. The molecule has 0 radical (unpaired) electrons. The summed E-state index contributed by atoms with van der Waals surface area (Å²) in [6, 6.07) is 17.0. The van der Waals surface area contributed by atoms with Gasteiger partial charge in [0.2, 0.25) is 11.8 Å². The molecule has 0 spiro atoms. The van der Waals surface area contributed by atoms with Crippen molar-refractivity contribution >= 4 is 51.8 Å². The number of hydrogen-bond acceptors (Lipinski definition) is 7. The van der Waals surface area contributed by atoms with E-state index in [0.29, 0.717) is 21.8 Å². The summed E-state index contributed by atoms with van der Waals surface area (Å²) in [7, 11) is 1.85. The maximum atomic E-state index is 12.2. The molecule has 2 heterocycles. The molecule has 0 aliphatic heterocycles. The molecule has 2 N–H and O–H groups in total. The number of carbonyl (C=O) groups excluding carboxylic acids is 2. The minimum absolute atomic E-state index is 0.152. The first-order chi connectivity index (χ1) is 16.1. The standard InChI is InChI=1S/C23H20N6O2S2/c1-29-21(27-28-23(29)33-15-20(31)26-22-24-13-14-32-22)17-8-10-18(11-9-17)25-19(30)12-7-16-5-3-2-4-6-16/h2-14H,15H2,1H3,(H,25,30)(H,24,26,31)/b12-7+. The predicted octanol–water partition coefficient (Wildman–Crippen LogP) is 4.32. The highest BCUT2D eigenvalue weighted by Crippen LogP contribution is 2.24. The lowest BCUT2D eigenvalue weighted by Gasteiger charge is -2.06. The van der Waals surface area contributed by atoms with Crippen molar-refractivity contribution in [1.29, 1.82) is 0 Å². The number of hydrogen-bond donors (Lipinski definition) is 2. The smallest absolute Gasteiger partial charge is 0.248 e. The van der Waals surface area contributed by atoms with Crippen molar-refractivity contribution < 1.29 is 9.59 Å². The molecule has 2 aromatic heterocycles. The van der Waals surface area contributed by atoms with Crippen LogP contribution in [0, 0.1) is 0 Å². The fourth-order valence-corrected chi connectivity index (χ4v) is 4.14. The van der Waals surface area contributed by atoms with Gasteiger partial charge in [-0.3, -0.25) is 9.59 Å². The monoisotopic (exact) mass is 476 g/mol. The Kier molecular flexibility index (Phi) is 7.28. The third-order valence-electron chi connectivity index (χ3n) is 4.48. The molecule has 0 unspecified atom stereocenters. The molecule has 33 heavy (non-hydrogen) atoms. The first kappa shape index (κ1) is 22.4. The second-order valence-electron chi connectivity index (χ2n) is 6.85. The van der Waals surface area contributed by atoms with Crippen molar-refractivity contribution in [1.82, 2.24) is 19.7 Å². The summed E-state index contributed by atoms with van der Waals surface area (Å²) < 4.78 is 1.83. The number of amides is 2. The van der Waals surface area contributed by atoms with E-state index in [1.165, 1.54) is 29.2 Å². The van der Waals surface area contributed by atoms with Gasteiger partial charge in [0.15, 0.2) is 16.1 Å². The van der Waals surface area contributed by atoms with Crippen molar-refractivity contribution in [3.63, 3.8) is 0 Å². The van der Waals surface area contributed by atoms with Crippen molar-refractivity contribution in [3.8, 4) is 11.4 Å². The number of carbonyl (C=O) groups is 2. The maximum Gasteiger partial charge on any atom is 0.248 e. The number of nitrogens with one attached hydrogen (secondary N) is 2. The van der Waals surface area contributed by atoms with Crippen LogP contribution in [0.1, 0.15) is 5.56 Å². The molecule has 0 bridgehead atoms. The van der Waals surface area contributed by atoms with Crippen LogP contribution < -0.4 is 10.6 Å². The largest absolute Gasteiger partial charge is 0.323 e. The molecule has 0 fully saturated rings. The Hall–Kier alpha value is -3.76. The molecule has 2 aromatic carbocycles. The van der Waals surface area contributed by atoms with Crippen LogP contribution in [-0.4, -0.2) is 37.3 Å². The van der Waals surface area contributed by atoms with Crippen LogP contribution in [0.3, 0.4) is 0 Å². The Balaban J connectivity index is 1.34. The molecule has 166 valence electrons. The summed E-state index contributed by atoms with van der Waals surface area (Å²) in [4.78, 5) is 28.3. The quantitative estimate of drug-likeness (QED) is 0.290. The normalized spacial score (nSPS) is 10.9. The summed E-state index contributed by atoms with van der Waals surface area (Å²) in [5, 5.41) is 17.0.